The molecule has 88 valence electrons. The lowest BCUT2D eigenvalue weighted by atomic mass is 10.2. The predicted octanol–water partition coefficient (Wildman–Crippen LogP) is 0.890. The lowest BCUT2D eigenvalue weighted by Gasteiger charge is -2.05. The molecule has 1 aromatic heterocycles. The first-order valence-corrected chi connectivity index (χ1v) is 5.19. The molecule has 0 spiro atoms. The fourth-order valence-electron chi connectivity index (χ4n) is 1.20. The Morgan fingerprint density at radius 2 is 2.31 bits per heavy atom. The van der Waals surface area contributed by atoms with Crippen LogP contribution < -0.4 is 10.6 Å². The van der Waals surface area contributed by atoms with Crippen molar-refractivity contribution < 1.29 is 9.53 Å². The number of anilines is 1. The van der Waals surface area contributed by atoms with E-state index in [1.165, 1.54) is 0 Å². The molecule has 0 saturated carbocycles. The van der Waals surface area contributed by atoms with Gasteiger partial charge in [0.05, 0.1) is 5.56 Å². The van der Waals surface area contributed by atoms with Crippen molar-refractivity contribution in [3.05, 3.63) is 23.9 Å². The molecule has 0 aliphatic heterocycles. The van der Waals surface area contributed by atoms with E-state index in [1.807, 2.05) is 0 Å². The molecule has 16 heavy (non-hydrogen) atoms. The average Bonchev–Trinajstić information content (AvgIpc) is 2.34. The van der Waals surface area contributed by atoms with Gasteiger partial charge in [0.15, 0.2) is 0 Å². The number of carbonyl (C=O) groups excluding carboxylic acids is 1. The van der Waals surface area contributed by atoms with Crippen molar-refractivity contribution in [2.24, 2.45) is 0 Å². The number of amides is 1. The maximum atomic E-state index is 11.6. The Morgan fingerprint density at radius 1 is 1.50 bits per heavy atom. The van der Waals surface area contributed by atoms with E-state index in [1.54, 1.807) is 32.5 Å². The van der Waals surface area contributed by atoms with Crippen LogP contribution in [0.2, 0.25) is 0 Å². The monoisotopic (exact) mass is 223 g/mol. The van der Waals surface area contributed by atoms with Crippen LogP contribution in [0.4, 0.5) is 5.82 Å². The zero-order chi connectivity index (χ0) is 11.8. The molecule has 5 nitrogen and oxygen atoms in total. The number of nitrogens with one attached hydrogen (secondary N) is 2. The van der Waals surface area contributed by atoms with Gasteiger partial charge < -0.3 is 15.4 Å². The van der Waals surface area contributed by atoms with Crippen LogP contribution in [0.25, 0.3) is 0 Å². The van der Waals surface area contributed by atoms with E-state index in [2.05, 4.69) is 15.6 Å². The summed E-state index contributed by atoms with van der Waals surface area (Å²) in [4.78, 5) is 15.7. The Labute approximate surface area is 95.2 Å². The van der Waals surface area contributed by atoms with Crippen LogP contribution in [-0.2, 0) is 4.74 Å². The average molecular weight is 223 g/mol. The number of carbonyl (C=O) groups is 1. The number of pyridine rings is 1. The van der Waals surface area contributed by atoms with Crippen LogP contribution in [0, 0.1) is 0 Å². The highest BCUT2D eigenvalue weighted by molar-refractivity contribution is 5.93. The SMILES string of the molecule is CNc1ccc(C(=O)NCCCOC)cn1. The summed E-state index contributed by atoms with van der Waals surface area (Å²) in [6.07, 6.45) is 2.36. The van der Waals surface area contributed by atoms with E-state index in [0.29, 0.717) is 18.7 Å². The quantitative estimate of drug-likeness (QED) is 0.703. The van der Waals surface area contributed by atoms with Crippen molar-refractivity contribution in [1.82, 2.24) is 10.3 Å². The van der Waals surface area contributed by atoms with Crippen molar-refractivity contribution in [3.8, 4) is 0 Å². The molecule has 1 rings (SSSR count). The van der Waals surface area contributed by atoms with Crippen molar-refractivity contribution in [1.29, 1.82) is 0 Å². The van der Waals surface area contributed by atoms with Gasteiger partial charge >= 0.3 is 0 Å². The molecule has 2 N–H and O–H groups in total. The largest absolute Gasteiger partial charge is 0.385 e. The van der Waals surface area contributed by atoms with E-state index in [0.717, 1.165) is 12.2 Å². The molecule has 1 amide bonds. The van der Waals surface area contributed by atoms with E-state index in [4.69, 9.17) is 4.74 Å². The summed E-state index contributed by atoms with van der Waals surface area (Å²) in [5.74, 6) is 0.641. The van der Waals surface area contributed by atoms with Gasteiger partial charge in [-0.2, -0.15) is 0 Å². The van der Waals surface area contributed by atoms with Gasteiger partial charge in [0, 0.05) is 33.5 Å². The highest BCUT2D eigenvalue weighted by Gasteiger charge is 2.04. The van der Waals surface area contributed by atoms with Crippen molar-refractivity contribution >= 4 is 11.7 Å². The highest BCUT2D eigenvalue weighted by Crippen LogP contribution is 2.03. The van der Waals surface area contributed by atoms with Crippen molar-refractivity contribution in [2.45, 2.75) is 6.42 Å². The summed E-state index contributed by atoms with van der Waals surface area (Å²) < 4.78 is 4.89. The fourth-order valence-corrected chi connectivity index (χ4v) is 1.20. The van der Waals surface area contributed by atoms with Crippen LogP contribution in [0.1, 0.15) is 16.8 Å². The number of nitrogens with zero attached hydrogens (tertiary/aromatic N) is 1. The lowest BCUT2D eigenvalue weighted by molar-refractivity contribution is 0.0948. The van der Waals surface area contributed by atoms with Gasteiger partial charge in [0.2, 0.25) is 0 Å². The third-order valence-electron chi connectivity index (χ3n) is 2.09. The zero-order valence-corrected chi connectivity index (χ0v) is 9.62. The first kappa shape index (κ1) is 12.4. The molecule has 5 heteroatoms. The van der Waals surface area contributed by atoms with Gasteiger partial charge in [-0.25, -0.2) is 4.98 Å². The summed E-state index contributed by atoms with van der Waals surface area (Å²) in [6, 6.07) is 3.51. The highest BCUT2D eigenvalue weighted by atomic mass is 16.5. The molecule has 1 aromatic rings. The molecule has 0 aliphatic carbocycles. The third kappa shape index (κ3) is 3.86. The van der Waals surface area contributed by atoms with Gasteiger partial charge in [0.1, 0.15) is 5.82 Å². The Hall–Kier alpha value is -1.62. The minimum absolute atomic E-state index is 0.105. The molecular formula is C11H17N3O2. The van der Waals surface area contributed by atoms with E-state index in [9.17, 15) is 4.79 Å². The molecule has 0 aromatic carbocycles. The molecule has 0 aliphatic rings. The molecule has 0 saturated heterocycles. The van der Waals surface area contributed by atoms with E-state index in [-0.39, 0.29) is 5.91 Å². The van der Waals surface area contributed by atoms with Gasteiger partial charge in [-0.05, 0) is 18.6 Å². The number of methoxy groups -OCH3 is 1. The normalized spacial score (nSPS) is 9.88. The van der Waals surface area contributed by atoms with Gasteiger partial charge in [-0.3, -0.25) is 4.79 Å². The number of rotatable bonds is 6. The number of ether oxygens (including phenoxy) is 1. The van der Waals surface area contributed by atoms with Crippen LogP contribution in [0.5, 0.6) is 0 Å². The topological polar surface area (TPSA) is 63.2 Å². The Morgan fingerprint density at radius 3 is 2.88 bits per heavy atom. The number of hydrogen-bond donors (Lipinski definition) is 2. The molecular weight excluding hydrogens is 206 g/mol. The maximum absolute atomic E-state index is 11.6. The molecule has 0 bridgehead atoms. The van der Waals surface area contributed by atoms with Crippen LogP contribution in [0.15, 0.2) is 18.3 Å². The first-order valence-electron chi connectivity index (χ1n) is 5.19. The summed E-state index contributed by atoms with van der Waals surface area (Å²) in [7, 11) is 3.43. The standard InChI is InChI=1S/C11H17N3O2/c1-12-10-5-4-9(8-14-10)11(15)13-6-3-7-16-2/h4-5,8H,3,6-7H2,1-2H3,(H,12,14)(H,13,15). The second-order valence-corrected chi connectivity index (χ2v) is 3.28. The molecule has 0 atom stereocenters. The smallest absolute Gasteiger partial charge is 0.252 e. The molecule has 0 fully saturated rings. The zero-order valence-electron chi connectivity index (χ0n) is 9.62. The van der Waals surface area contributed by atoms with Crippen LogP contribution in [0.3, 0.4) is 0 Å². The predicted molar refractivity (Wildman–Crippen MR) is 62.6 cm³/mol. The third-order valence-corrected chi connectivity index (χ3v) is 2.09. The summed E-state index contributed by atoms with van der Waals surface area (Å²) in [6.45, 7) is 1.26. The summed E-state index contributed by atoms with van der Waals surface area (Å²) >= 11 is 0. The Bertz CT molecular complexity index is 325. The van der Waals surface area contributed by atoms with E-state index >= 15 is 0 Å². The Balaban J connectivity index is 2.40. The Kier molecular flexibility index (Phi) is 5.28. The van der Waals surface area contributed by atoms with Gasteiger partial charge in [-0.1, -0.05) is 0 Å². The van der Waals surface area contributed by atoms with Crippen molar-refractivity contribution in [3.63, 3.8) is 0 Å². The van der Waals surface area contributed by atoms with Gasteiger partial charge in [-0.15, -0.1) is 0 Å². The maximum Gasteiger partial charge on any atom is 0.252 e. The number of hydrogen-bond acceptors (Lipinski definition) is 4. The summed E-state index contributed by atoms with van der Waals surface area (Å²) in [5.41, 5.74) is 0.566. The minimum atomic E-state index is -0.105. The van der Waals surface area contributed by atoms with Crippen molar-refractivity contribution in [2.75, 3.05) is 32.6 Å². The summed E-state index contributed by atoms with van der Waals surface area (Å²) in [5, 5.41) is 5.69. The molecule has 0 unspecified atom stereocenters. The minimum Gasteiger partial charge on any atom is -0.385 e. The first-order chi connectivity index (χ1) is 7.77. The molecule has 0 radical (unpaired) electrons. The molecule has 1 heterocycles. The van der Waals surface area contributed by atoms with E-state index < -0.39 is 0 Å². The lowest BCUT2D eigenvalue weighted by Crippen LogP contribution is -2.25. The van der Waals surface area contributed by atoms with Gasteiger partial charge in [0.25, 0.3) is 5.91 Å². The second kappa shape index (κ2) is 6.79. The fraction of sp³-hybridized carbons (Fsp3) is 0.455. The number of aromatic nitrogens is 1. The second-order valence-electron chi connectivity index (χ2n) is 3.28. The van der Waals surface area contributed by atoms with Crippen LogP contribution in [-0.4, -0.2) is 38.2 Å². The van der Waals surface area contributed by atoms with Crippen LogP contribution >= 0.6 is 0 Å².